The van der Waals surface area contributed by atoms with Gasteiger partial charge in [-0.25, -0.2) is 4.79 Å². The second kappa shape index (κ2) is 6.48. The Balaban J connectivity index is 1.65. The molecule has 25 heavy (non-hydrogen) atoms. The summed E-state index contributed by atoms with van der Waals surface area (Å²) in [5.74, 6) is -0.819. The van der Waals surface area contributed by atoms with Crippen molar-refractivity contribution in [2.75, 3.05) is 13.2 Å². The van der Waals surface area contributed by atoms with Crippen LogP contribution in [-0.4, -0.2) is 36.0 Å². The number of nitrogens with zero attached hydrogens (tertiary/aromatic N) is 1. The number of rotatable bonds is 3. The topological polar surface area (TPSA) is 46.6 Å². The highest BCUT2D eigenvalue weighted by Gasteiger charge is 2.50. The maximum absolute atomic E-state index is 12.6. The van der Waals surface area contributed by atoms with Gasteiger partial charge in [-0.1, -0.05) is 50.0 Å². The van der Waals surface area contributed by atoms with Gasteiger partial charge in [-0.2, -0.15) is 0 Å². The summed E-state index contributed by atoms with van der Waals surface area (Å²) in [6.45, 7) is 7.19. The van der Waals surface area contributed by atoms with E-state index in [1.54, 1.807) is 18.2 Å². The number of hydrogen-bond acceptors (Lipinski definition) is 3. The van der Waals surface area contributed by atoms with Gasteiger partial charge < -0.3 is 9.64 Å². The number of hydrogen-bond donors (Lipinski definition) is 0. The van der Waals surface area contributed by atoms with Crippen LogP contribution in [0.25, 0.3) is 0 Å². The molecule has 3 rings (SSSR count). The summed E-state index contributed by atoms with van der Waals surface area (Å²) in [4.78, 5) is 26.8. The van der Waals surface area contributed by atoms with Crippen LogP contribution in [0.2, 0.25) is 10.0 Å². The third kappa shape index (κ3) is 3.80. The molecule has 1 amide bonds. The molecule has 0 unspecified atom stereocenters. The third-order valence-electron chi connectivity index (χ3n) is 5.23. The second-order valence-corrected chi connectivity index (χ2v) is 9.22. The van der Waals surface area contributed by atoms with Crippen LogP contribution < -0.4 is 0 Å². The zero-order valence-corrected chi connectivity index (χ0v) is 16.3. The molecule has 2 atom stereocenters. The summed E-state index contributed by atoms with van der Waals surface area (Å²) in [6.07, 6.45) is 3.11. The van der Waals surface area contributed by atoms with Crippen LogP contribution in [0.1, 0.15) is 50.4 Å². The molecule has 1 aromatic rings. The first-order valence-corrected chi connectivity index (χ1v) is 9.26. The van der Waals surface area contributed by atoms with Crippen molar-refractivity contribution in [1.29, 1.82) is 0 Å². The van der Waals surface area contributed by atoms with E-state index in [1.165, 1.54) is 0 Å². The second-order valence-electron chi connectivity index (χ2n) is 8.41. The Bertz CT molecular complexity index is 698. The summed E-state index contributed by atoms with van der Waals surface area (Å²) < 4.78 is 5.20. The molecule has 2 bridgehead atoms. The van der Waals surface area contributed by atoms with Gasteiger partial charge in [0.25, 0.3) is 5.91 Å². The average Bonchev–Trinajstić information content (AvgIpc) is 2.73. The highest BCUT2D eigenvalue weighted by Crippen LogP contribution is 2.52. The summed E-state index contributed by atoms with van der Waals surface area (Å²) in [6, 6.07) is 5.01. The molecule has 2 fully saturated rings. The molecule has 0 N–H and O–H groups in total. The monoisotopic (exact) mass is 383 g/mol. The van der Waals surface area contributed by atoms with Gasteiger partial charge in [0.1, 0.15) is 0 Å². The molecule has 1 heterocycles. The van der Waals surface area contributed by atoms with E-state index in [1.807, 2.05) is 4.90 Å². The van der Waals surface area contributed by atoms with Crippen LogP contribution >= 0.6 is 23.2 Å². The van der Waals surface area contributed by atoms with Gasteiger partial charge in [-0.15, -0.1) is 0 Å². The van der Waals surface area contributed by atoms with Crippen LogP contribution in [0, 0.1) is 10.8 Å². The number of amides is 1. The Morgan fingerprint density at radius 3 is 2.48 bits per heavy atom. The lowest BCUT2D eigenvalue weighted by Gasteiger charge is -2.39. The molecule has 1 aromatic carbocycles. The van der Waals surface area contributed by atoms with E-state index in [-0.39, 0.29) is 45.0 Å². The largest absolute Gasteiger partial charge is 0.452 e. The number of carbonyl (C=O) groups is 2. The van der Waals surface area contributed by atoms with E-state index in [4.69, 9.17) is 27.9 Å². The average molecular weight is 384 g/mol. The molecule has 1 saturated carbocycles. The third-order valence-corrected chi connectivity index (χ3v) is 5.86. The molecule has 1 saturated heterocycles. The van der Waals surface area contributed by atoms with E-state index in [2.05, 4.69) is 20.8 Å². The number of ether oxygens (including phenoxy) is 1. The first kappa shape index (κ1) is 18.5. The lowest BCUT2D eigenvalue weighted by Crippen LogP contribution is -2.39. The number of esters is 1. The Morgan fingerprint density at radius 1 is 1.20 bits per heavy atom. The highest BCUT2D eigenvalue weighted by molar-refractivity contribution is 6.39. The SMILES string of the molecule is CC1(C)C[C@@H]2C[C@@](C)(CN2C(=O)COC(=O)c2c(Cl)cccc2Cl)C1. The smallest absolute Gasteiger partial charge is 0.341 e. The maximum Gasteiger partial charge on any atom is 0.341 e. The van der Waals surface area contributed by atoms with Crippen LogP contribution in [0.4, 0.5) is 0 Å². The fourth-order valence-electron chi connectivity index (χ4n) is 4.73. The Kier molecular flexibility index (Phi) is 4.80. The zero-order valence-electron chi connectivity index (χ0n) is 14.8. The van der Waals surface area contributed by atoms with Crippen molar-refractivity contribution in [3.8, 4) is 0 Å². The van der Waals surface area contributed by atoms with E-state index in [0.717, 1.165) is 25.8 Å². The minimum Gasteiger partial charge on any atom is -0.452 e. The predicted octanol–water partition coefficient (Wildman–Crippen LogP) is 4.58. The summed E-state index contributed by atoms with van der Waals surface area (Å²) >= 11 is 12.0. The fraction of sp³-hybridized carbons (Fsp3) is 0.579. The van der Waals surface area contributed by atoms with Gasteiger partial charge in [-0.05, 0) is 42.2 Å². The molecule has 1 aliphatic heterocycles. The molecule has 4 nitrogen and oxygen atoms in total. The number of likely N-dealkylation sites (tertiary alicyclic amines) is 1. The lowest BCUT2D eigenvalue weighted by molar-refractivity contribution is -0.135. The number of halogens is 2. The van der Waals surface area contributed by atoms with Crippen molar-refractivity contribution in [3.63, 3.8) is 0 Å². The lowest BCUT2D eigenvalue weighted by atomic mass is 9.65. The van der Waals surface area contributed by atoms with Crippen molar-refractivity contribution >= 4 is 35.1 Å². The fourth-order valence-corrected chi connectivity index (χ4v) is 5.28. The van der Waals surface area contributed by atoms with Crippen LogP contribution in [0.5, 0.6) is 0 Å². The highest BCUT2D eigenvalue weighted by atomic mass is 35.5. The van der Waals surface area contributed by atoms with Crippen LogP contribution in [0.15, 0.2) is 18.2 Å². The molecular formula is C19H23Cl2NO3. The predicted molar refractivity (Wildman–Crippen MR) is 98.0 cm³/mol. The van der Waals surface area contributed by atoms with Crippen molar-refractivity contribution in [2.45, 2.75) is 46.1 Å². The quantitative estimate of drug-likeness (QED) is 0.717. The zero-order chi connectivity index (χ0) is 18.4. The van der Waals surface area contributed by atoms with E-state index in [9.17, 15) is 9.59 Å². The molecule has 0 radical (unpaired) electrons. The maximum atomic E-state index is 12.6. The first-order chi connectivity index (χ1) is 11.6. The van der Waals surface area contributed by atoms with Gasteiger partial charge in [0.05, 0.1) is 15.6 Å². The van der Waals surface area contributed by atoms with Crippen molar-refractivity contribution < 1.29 is 14.3 Å². The summed E-state index contributed by atoms with van der Waals surface area (Å²) in [5.41, 5.74) is 0.485. The Labute approximate surface area is 158 Å². The van der Waals surface area contributed by atoms with E-state index in [0.29, 0.717) is 0 Å². The molecular weight excluding hydrogens is 361 g/mol. The van der Waals surface area contributed by atoms with Crippen LogP contribution in [0.3, 0.4) is 0 Å². The molecule has 0 aromatic heterocycles. The van der Waals surface area contributed by atoms with Gasteiger partial charge in [-0.3, -0.25) is 4.79 Å². The van der Waals surface area contributed by atoms with Crippen molar-refractivity contribution in [3.05, 3.63) is 33.8 Å². The number of carbonyl (C=O) groups excluding carboxylic acids is 2. The van der Waals surface area contributed by atoms with Gasteiger partial charge in [0.15, 0.2) is 6.61 Å². The Hall–Kier alpha value is -1.26. The van der Waals surface area contributed by atoms with Crippen molar-refractivity contribution in [1.82, 2.24) is 4.90 Å². The molecule has 1 aliphatic carbocycles. The van der Waals surface area contributed by atoms with Gasteiger partial charge in [0.2, 0.25) is 0 Å². The number of benzene rings is 1. The molecule has 0 spiro atoms. The van der Waals surface area contributed by atoms with Crippen LogP contribution in [-0.2, 0) is 9.53 Å². The standard InChI is InChI=1S/C19H23Cl2NO3/c1-18(2)7-12-8-19(3,10-18)11-22(12)15(23)9-25-17(24)16-13(20)5-4-6-14(16)21/h4-6,12H,7-11H2,1-3H3/t12-,19-/m1/s1. The molecule has 6 heteroatoms. The number of fused-ring (bicyclic) bond motifs is 2. The molecule has 2 aliphatic rings. The molecule has 136 valence electrons. The van der Waals surface area contributed by atoms with Crippen molar-refractivity contribution in [2.24, 2.45) is 10.8 Å². The van der Waals surface area contributed by atoms with E-state index >= 15 is 0 Å². The van der Waals surface area contributed by atoms with Gasteiger partial charge >= 0.3 is 5.97 Å². The normalized spacial score (nSPS) is 27.2. The summed E-state index contributed by atoms with van der Waals surface area (Å²) in [5, 5.41) is 0.437. The van der Waals surface area contributed by atoms with E-state index < -0.39 is 5.97 Å². The Morgan fingerprint density at radius 2 is 1.84 bits per heavy atom. The summed E-state index contributed by atoms with van der Waals surface area (Å²) in [7, 11) is 0. The minimum atomic E-state index is -0.669. The minimum absolute atomic E-state index is 0.104. The van der Waals surface area contributed by atoms with Gasteiger partial charge in [0, 0.05) is 12.6 Å². The first-order valence-electron chi connectivity index (χ1n) is 8.51.